The maximum atomic E-state index is 12.9. The van der Waals surface area contributed by atoms with Crippen LogP contribution in [0.4, 0.5) is 4.39 Å². The Morgan fingerprint density at radius 1 is 1.26 bits per heavy atom. The molecule has 1 atom stereocenters. The van der Waals surface area contributed by atoms with Crippen LogP contribution in [0.1, 0.15) is 12.6 Å². The second-order valence-corrected chi connectivity index (χ2v) is 5.87. The summed E-state index contributed by atoms with van der Waals surface area (Å²) in [4.78, 5) is 16.2. The summed E-state index contributed by atoms with van der Waals surface area (Å²) in [5.41, 5.74) is 0.315. The van der Waals surface area contributed by atoms with E-state index in [9.17, 15) is 18.5 Å². The molecule has 0 aliphatic heterocycles. The fraction of sp³-hybridized carbons (Fsp3) is 0.125. The van der Waals surface area contributed by atoms with Crippen molar-refractivity contribution in [2.75, 3.05) is 6.61 Å². The lowest BCUT2D eigenvalue weighted by molar-refractivity contribution is -0.141. The quantitative estimate of drug-likeness (QED) is 0.516. The Labute approximate surface area is 134 Å². The monoisotopic (exact) mass is 335 g/mol. The third kappa shape index (κ3) is 4.46. The first kappa shape index (κ1) is 16.8. The van der Waals surface area contributed by atoms with Crippen LogP contribution in [-0.2, 0) is 20.3 Å². The summed E-state index contributed by atoms with van der Waals surface area (Å²) in [5, 5.41) is 9.54. The van der Waals surface area contributed by atoms with Gasteiger partial charge in [-0.1, -0.05) is 0 Å². The zero-order valence-electron chi connectivity index (χ0n) is 12.2. The van der Waals surface area contributed by atoms with E-state index in [1.54, 1.807) is 13.0 Å². The van der Waals surface area contributed by atoms with Crippen LogP contribution in [-0.4, -0.2) is 26.9 Å². The van der Waals surface area contributed by atoms with Crippen LogP contribution in [0.2, 0.25) is 0 Å². The number of aliphatic hydroxyl groups is 1. The lowest BCUT2D eigenvalue weighted by Gasteiger charge is -2.03. The molecule has 0 aliphatic carbocycles. The molecule has 23 heavy (non-hydrogen) atoms. The second kappa shape index (κ2) is 7.64. The molecule has 1 aromatic carbocycles. The van der Waals surface area contributed by atoms with Gasteiger partial charge in [-0.2, -0.15) is 0 Å². The SMILES string of the molecule is CCOC(=O)C(O)=Cc1ccc(S(=O)c2ccc(F)cc2)cn1. The van der Waals surface area contributed by atoms with E-state index in [-0.39, 0.29) is 6.61 Å². The largest absolute Gasteiger partial charge is 0.502 e. The van der Waals surface area contributed by atoms with Crippen molar-refractivity contribution in [2.45, 2.75) is 16.7 Å². The molecule has 0 fully saturated rings. The van der Waals surface area contributed by atoms with Crippen LogP contribution >= 0.6 is 0 Å². The standard InChI is InChI=1S/C16H14FNO4S/c1-2-22-16(20)15(19)9-12-5-8-14(10-18-12)23(21)13-6-3-11(17)4-7-13/h3-10,19H,2H2,1H3. The minimum Gasteiger partial charge on any atom is -0.502 e. The molecule has 1 N–H and O–H groups in total. The van der Waals surface area contributed by atoms with Crippen molar-refractivity contribution in [1.29, 1.82) is 0 Å². The van der Waals surface area contributed by atoms with Gasteiger partial charge in [0.05, 0.1) is 28.0 Å². The van der Waals surface area contributed by atoms with Gasteiger partial charge in [0.2, 0.25) is 5.76 Å². The number of carbonyl (C=O) groups excluding carboxylic acids is 1. The minimum absolute atomic E-state index is 0.153. The number of halogens is 1. The van der Waals surface area contributed by atoms with Crippen molar-refractivity contribution in [3.05, 3.63) is 59.9 Å². The van der Waals surface area contributed by atoms with E-state index >= 15 is 0 Å². The molecule has 7 heteroatoms. The Morgan fingerprint density at radius 2 is 1.91 bits per heavy atom. The molecule has 1 aromatic heterocycles. The van der Waals surface area contributed by atoms with Crippen molar-refractivity contribution in [3.8, 4) is 0 Å². The number of nitrogens with zero attached hydrogens (tertiary/aromatic N) is 1. The highest BCUT2D eigenvalue weighted by atomic mass is 32.2. The molecule has 2 aromatic rings. The number of benzene rings is 1. The van der Waals surface area contributed by atoms with E-state index in [2.05, 4.69) is 9.72 Å². The highest BCUT2D eigenvalue weighted by molar-refractivity contribution is 7.85. The molecular formula is C16H14FNO4S. The topological polar surface area (TPSA) is 76.5 Å². The molecule has 0 spiro atoms. The molecule has 120 valence electrons. The Bertz CT molecular complexity index is 742. The third-order valence-electron chi connectivity index (χ3n) is 2.77. The third-order valence-corrected chi connectivity index (χ3v) is 4.14. The van der Waals surface area contributed by atoms with Gasteiger partial charge in [-0.05, 0) is 43.3 Å². The molecule has 0 radical (unpaired) electrons. The highest BCUT2D eigenvalue weighted by Crippen LogP contribution is 2.17. The summed E-state index contributed by atoms with van der Waals surface area (Å²) >= 11 is 0. The van der Waals surface area contributed by atoms with Crippen LogP contribution in [0.15, 0.2) is 58.1 Å². The van der Waals surface area contributed by atoms with Crippen LogP contribution in [0.3, 0.4) is 0 Å². The molecule has 0 amide bonds. The Hall–Kier alpha value is -2.54. The average Bonchev–Trinajstić information content (AvgIpc) is 2.56. The summed E-state index contributed by atoms with van der Waals surface area (Å²) < 4.78 is 29.8. The van der Waals surface area contributed by atoms with Crippen molar-refractivity contribution in [1.82, 2.24) is 4.98 Å². The number of aliphatic hydroxyl groups excluding tert-OH is 1. The van der Waals surface area contributed by atoms with E-state index in [0.717, 1.165) is 6.08 Å². The zero-order chi connectivity index (χ0) is 16.8. The molecular weight excluding hydrogens is 321 g/mol. The Morgan fingerprint density at radius 3 is 2.48 bits per heavy atom. The smallest absolute Gasteiger partial charge is 0.373 e. The van der Waals surface area contributed by atoms with Gasteiger partial charge in [0.25, 0.3) is 0 Å². The Kier molecular flexibility index (Phi) is 5.59. The molecule has 0 bridgehead atoms. The van der Waals surface area contributed by atoms with Crippen LogP contribution in [0.25, 0.3) is 6.08 Å². The number of esters is 1. The lowest BCUT2D eigenvalue weighted by Crippen LogP contribution is -2.07. The summed E-state index contributed by atoms with van der Waals surface area (Å²) in [6.45, 7) is 1.78. The predicted octanol–water partition coefficient (Wildman–Crippen LogP) is 2.85. The van der Waals surface area contributed by atoms with Gasteiger partial charge < -0.3 is 9.84 Å². The first-order valence-electron chi connectivity index (χ1n) is 6.72. The molecule has 0 saturated carbocycles. The number of carbonyl (C=O) groups is 1. The van der Waals surface area contributed by atoms with Gasteiger partial charge in [0.1, 0.15) is 5.82 Å². The van der Waals surface area contributed by atoms with Gasteiger partial charge in [0, 0.05) is 17.2 Å². The molecule has 1 heterocycles. The molecule has 5 nitrogen and oxygen atoms in total. The fourth-order valence-corrected chi connectivity index (χ4v) is 2.68. The van der Waals surface area contributed by atoms with E-state index in [4.69, 9.17) is 0 Å². The van der Waals surface area contributed by atoms with Crippen molar-refractivity contribution in [3.63, 3.8) is 0 Å². The zero-order valence-corrected chi connectivity index (χ0v) is 13.0. The van der Waals surface area contributed by atoms with Crippen molar-refractivity contribution in [2.24, 2.45) is 0 Å². The normalized spacial score (nSPS) is 12.7. The van der Waals surface area contributed by atoms with E-state index in [1.807, 2.05) is 0 Å². The van der Waals surface area contributed by atoms with Gasteiger partial charge >= 0.3 is 5.97 Å². The van der Waals surface area contributed by atoms with Crippen LogP contribution < -0.4 is 0 Å². The van der Waals surface area contributed by atoms with E-state index in [1.165, 1.54) is 36.5 Å². The number of hydrogen-bond donors (Lipinski definition) is 1. The summed E-state index contributed by atoms with van der Waals surface area (Å²) in [6, 6.07) is 8.39. The molecule has 2 rings (SSSR count). The number of pyridine rings is 1. The number of aromatic nitrogens is 1. The predicted molar refractivity (Wildman–Crippen MR) is 82.6 cm³/mol. The van der Waals surface area contributed by atoms with Gasteiger partial charge in [-0.3, -0.25) is 4.98 Å². The lowest BCUT2D eigenvalue weighted by atomic mass is 10.3. The number of rotatable bonds is 5. The van der Waals surface area contributed by atoms with Crippen LogP contribution in [0.5, 0.6) is 0 Å². The fourth-order valence-electron chi connectivity index (χ4n) is 1.69. The first-order valence-corrected chi connectivity index (χ1v) is 7.87. The summed E-state index contributed by atoms with van der Waals surface area (Å²) in [6.07, 6.45) is 2.52. The maximum Gasteiger partial charge on any atom is 0.373 e. The molecule has 0 aliphatic rings. The summed E-state index contributed by atoms with van der Waals surface area (Å²) in [7, 11) is -1.49. The van der Waals surface area contributed by atoms with Crippen molar-refractivity contribution < 1.29 is 23.2 Å². The minimum atomic E-state index is -1.49. The average molecular weight is 335 g/mol. The highest BCUT2D eigenvalue weighted by Gasteiger charge is 2.10. The van der Waals surface area contributed by atoms with Crippen LogP contribution in [0, 0.1) is 5.82 Å². The Balaban J connectivity index is 2.16. The molecule has 1 unspecified atom stereocenters. The summed E-state index contributed by atoms with van der Waals surface area (Å²) in [5.74, 6) is -1.81. The maximum absolute atomic E-state index is 12.9. The molecule has 0 saturated heterocycles. The van der Waals surface area contributed by atoms with Gasteiger partial charge in [0.15, 0.2) is 0 Å². The number of ether oxygens (including phenoxy) is 1. The van der Waals surface area contributed by atoms with E-state index < -0.39 is 28.3 Å². The van der Waals surface area contributed by atoms with Crippen molar-refractivity contribution >= 4 is 22.8 Å². The first-order chi connectivity index (χ1) is 11.0. The van der Waals surface area contributed by atoms with E-state index in [0.29, 0.717) is 15.5 Å². The second-order valence-electron chi connectivity index (χ2n) is 4.39. The number of hydrogen-bond acceptors (Lipinski definition) is 5. The van der Waals surface area contributed by atoms with Gasteiger partial charge in [-0.15, -0.1) is 0 Å². The van der Waals surface area contributed by atoms with Gasteiger partial charge in [-0.25, -0.2) is 13.4 Å².